The third-order valence-electron chi connectivity index (χ3n) is 7.86. The van der Waals surface area contributed by atoms with E-state index in [-0.39, 0.29) is 35.2 Å². The standard InChI is InChI=1S/C19H28O3.C15H20O3/c20-17-12-10-11-16(15-17)19(21)22-18-13-8-6-4-2-1-3-5-7-9-14-18;16-14-11-7-6-10-13(14)15(17)18-12-8-4-2-1-3-5-9-12/h10-12,15,18,20H,1-9,13-14H2;6-7,10-12,16H,1-5,8-9H2. The first kappa shape index (κ1) is 31.5. The van der Waals surface area contributed by atoms with Crippen molar-refractivity contribution < 1.29 is 29.3 Å². The van der Waals surface area contributed by atoms with Crippen LogP contribution in [0.5, 0.6) is 11.5 Å². The lowest BCUT2D eigenvalue weighted by Crippen LogP contribution is -2.19. The third-order valence-corrected chi connectivity index (χ3v) is 7.86. The third kappa shape index (κ3) is 12.0. The number of hydrogen-bond donors (Lipinski definition) is 2. The van der Waals surface area contributed by atoms with Crippen molar-refractivity contribution in [1.29, 1.82) is 0 Å². The van der Waals surface area contributed by atoms with Gasteiger partial charge in [-0.05, 0) is 81.7 Å². The van der Waals surface area contributed by atoms with Crippen molar-refractivity contribution >= 4 is 11.9 Å². The van der Waals surface area contributed by atoms with Gasteiger partial charge in [0.05, 0.1) is 5.56 Å². The molecular formula is C34H48O6. The predicted octanol–water partition coefficient (Wildman–Crippen LogP) is 8.88. The summed E-state index contributed by atoms with van der Waals surface area (Å²) in [5, 5.41) is 19.1. The van der Waals surface area contributed by atoms with Crippen LogP contribution in [0.15, 0.2) is 48.5 Å². The Morgan fingerprint density at radius 3 is 1.48 bits per heavy atom. The first-order chi connectivity index (χ1) is 19.5. The Labute approximate surface area is 240 Å². The van der Waals surface area contributed by atoms with Gasteiger partial charge in [-0.2, -0.15) is 0 Å². The highest BCUT2D eigenvalue weighted by atomic mass is 16.5. The lowest BCUT2D eigenvalue weighted by molar-refractivity contribution is 0.0231. The molecule has 0 spiro atoms. The number of esters is 2. The van der Waals surface area contributed by atoms with Crippen LogP contribution in [0.1, 0.15) is 136 Å². The largest absolute Gasteiger partial charge is 0.508 e. The number of benzene rings is 2. The molecule has 0 bridgehead atoms. The number of ether oxygens (including phenoxy) is 2. The summed E-state index contributed by atoms with van der Waals surface area (Å²) in [6.07, 6.45) is 21.2. The minimum atomic E-state index is -0.404. The smallest absolute Gasteiger partial charge is 0.342 e. The molecule has 6 nitrogen and oxygen atoms in total. The highest BCUT2D eigenvalue weighted by Gasteiger charge is 2.19. The van der Waals surface area contributed by atoms with E-state index in [1.54, 1.807) is 36.4 Å². The van der Waals surface area contributed by atoms with Crippen LogP contribution in [-0.2, 0) is 9.47 Å². The normalized spacial score (nSPS) is 18.4. The summed E-state index contributed by atoms with van der Waals surface area (Å²) >= 11 is 0. The number of rotatable bonds is 4. The molecular weight excluding hydrogens is 504 g/mol. The Bertz CT molecular complexity index is 999. The van der Waals surface area contributed by atoms with E-state index in [0.29, 0.717) is 5.56 Å². The first-order valence-electron chi connectivity index (χ1n) is 15.5. The Morgan fingerprint density at radius 2 is 1.00 bits per heavy atom. The van der Waals surface area contributed by atoms with Crippen molar-refractivity contribution in [2.75, 3.05) is 0 Å². The van der Waals surface area contributed by atoms with E-state index >= 15 is 0 Å². The maximum absolute atomic E-state index is 12.2. The molecule has 0 radical (unpaired) electrons. The van der Waals surface area contributed by atoms with Crippen LogP contribution in [0.3, 0.4) is 0 Å². The van der Waals surface area contributed by atoms with Gasteiger partial charge in [0.25, 0.3) is 0 Å². The van der Waals surface area contributed by atoms with Gasteiger partial charge in [-0.3, -0.25) is 0 Å². The molecule has 0 aromatic heterocycles. The van der Waals surface area contributed by atoms with Gasteiger partial charge >= 0.3 is 11.9 Å². The number of para-hydroxylation sites is 1. The van der Waals surface area contributed by atoms with Crippen molar-refractivity contribution in [1.82, 2.24) is 0 Å². The molecule has 2 aliphatic rings. The zero-order valence-electron chi connectivity index (χ0n) is 24.0. The lowest BCUT2D eigenvalue weighted by Gasteiger charge is -2.20. The van der Waals surface area contributed by atoms with Crippen LogP contribution in [0.25, 0.3) is 0 Å². The van der Waals surface area contributed by atoms with Gasteiger partial charge in [0.2, 0.25) is 0 Å². The van der Waals surface area contributed by atoms with Gasteiger partial charge in [0.15, 0.2) is 0 Å². The summed E-state index contributed by atoms with van der Waals surface area (Å²) < 4.78 is 11.2. The molecule has 0 unspecified atom stereocenters. The fourth-order valence-electron chi connectivity index (χ4n) is 5.49. The number of phenolic OH excluding ortho intramolecular Hbond substituents is 2. The van der Waals surface area contributed by atoms with Crippen LogP contribution in [0.2, 0.25) is 0 Å². The molecule has 0 aliphatic heterocycles. The van der Waals surface area contributed by atoms with E-state index in [1.807, 2.05) is 0 Å². The maximum Gasteiger partial charge on any atom is 0.342 e. The molecule has 2 aromatic rings. The Balaban J connectivity index is 0.000000225. The monoisotopic (exact) mass is 552 g/mol. The van der Waals surface area contributed by atoms with E-state index in [0.717, 1.165) is 51.4 Å². The van der Waals surface area contributed by atoms with Crippen molar-refractivity contribution in [3.63, 3.8) is 0 Å². The second kappa shape index (κ2) is 18.4. The summed E-state index contributed by atoms with van der Waals surface area (Å²) in [6, 6.07) is 12.9. The van der Waals surface area contributed by atoms with Gasteiger partial charge in [0, 0.05) is 0 Å². The van der Waals surface area contributed by atoms with Gasteiger partial charge < -0.3 is 19.7 Å². The SMILES string of the molecule is O=C(OC1CCCCCCC1)c1ccccc1O.O=C(OC1CCCCCCCCCCC1)c1cccc(O)c1. The fraction of sp³-hybridized carbons (Fsp3) is 0.588. The van der Waals surface area contributed by atoms with Gasteiger partial charge in [-0.1, -0.05) is 82.4 Å². The fourth-order valence-corrected chi connectivity index (χ4v) is 5.49. The van der Waals surface area contributed by atoms with Crippen LogP contribution in [0, 0.1) is 0 Å². The summed E-state index contributed by atoms with van der Waals surface area (Å²) in [5.74, 6) is -0.617. The zero-order chi connectivity index (χ0) is 28.4. The molecule has 2 aromatic carbocycles. The molecule has 2 fully saturated rings. The molecule has 0 saturated heterocycles. The first-order valence-corrected chi connectivity index (χ1v) is 15.5. The molecule has 0 atom stereocenters. The van der Waals surface area contributed by atoms with E-state index in [4.69, 9.17) is 9.47 Å². The van der Waals surface area contributed by atoms with E-state index in [1.165, 1.54) is 76.3 Å². The summed E-state index contributed by atoms with van der Waals surface area (Å²) in [7, 11) is 0. The Hall–Kier alpha value is -3.02. The lowest BCUT2D eigenvalue weighted by atomic mass is 9.98. The van der Waals surface area contributed by atoms with E-state index in [2.05, 4.69) is 0 Å². The number of phenols is 2. The molecule has 2 saturated carbocycles. The molecule has 2 aliphatic carbocycles. The van der Waals surface area contributed by atoms with Crippen molar-refractivity contribution in [3.05, 3.63) is 59.7 Å². The minimum Gasteiger partial charge on any atom is -0.508 e. The molecule has 4 rings (SSSR count). The van der Waals surface area contributed by atoms with E-state index in [9.17, 15) is 19.8 Å². The van der Waals surface area contributed by atoms with Gasteiger partial charge in [0.1, 0.15) is 29.3 Å². The number of aromatic hydroxyl groups is 2. The van der Waals surface area contributed by atoms with Crippen molar-refractivity contribution in [2.24, 2.45) is 0 Å². The zero-order valence-corrected chi connectivity index (χ0v) is 24.0. The van der Waals surface area contributed by atoms with Crippen LogP contribution in [0.4, 0.5) is 0 Å². The maximum atomic E-state index is 12.2. The predicted molar refractivity (Wildman–Crippen MR) is 158 cm³/mol. The molecule has 0 heterocycles. The summed E-state index contributed by atoms with van der Waals surface area (Å²) in [4.78, 5) is 24.2. The average Bonchev–Trinajstić information content (AvgIpc) is 2.92. The number of carbonyl (C=O) groups is 2. The molecule has 6 heteroatoms. The van der Waals surface area contributed by atoms with Crippen LogP contribution >= 0.6 is 0 Å². The quantitative estimate of drug-likeness (QED) is 0.368. The van der Waals surface area contributed by atoms with E-state index < -0.39 is 5.97 Å². The van der Waals surface area contributed by atoms with Gasteiger partial charge in [-0.25, -0.2) is 9.59 Å². The topological polar surface area (TPSA) is 93.1 Å². The van der Waals surface area contributed by atoms with Crippen LogP contribution < -0.4 is 0 Å². The molecule has 2 N–H and O–H groups in total. The molecule has 0 amide bonds. The van der Waals surface area contributed by atoms with Crippen molar-refractivity contribution in [2.45, 2.75) is 128 Å². The van der Waals surface area contributed by atoms with Crippen LogP contribution in [-0.4, -0.2) is 34.4 Å². The second-order valence-electron chi connectivity index (χ2n) is 11.2. The Morgan fingerprint density at radius 1 is 0.550 bits per heavy atom. The van der Waals surface area contributed by atoms with Gasteiger partial charge in [-0.15, -0.1) is 0 Å². The second-order valence-corrected chi connectivity index (χ2v) is 11.2. The molecule has 40 heavy (non-hydrogen) atoms. The minimum absolute atomic E-state index is 0.00616. The summed E-state index contributed by atoms with van der Waals surface area (Å²) in [6.45, 7) is 0. The average molecular weight is 553 g/mol. The molecule has 220 valence electrons. The van der Waals surface area contributed by atoms with Crippen molar-refractivity contribution in [3.8, 4) is 11.5 Å². The Kier molecular flexibility index (Phi) is 14.5. The highest BCUT2D eigenvalue weighted by molar-refractivity contribution is 5.92. The highest BCUT2D eigenvalue weighted by Crippen LogP contribution is 2.23. The number of hydrogen-bond acceptors (Lipinski definition) is 6. The summed E-state index contributed by atoms with van der Waals surface area (Å²) in [5.41, 5.74) is 0.700. The number of carbonyl (C=O) groups excluding carboxylic acids is 2.